The molecule has 1 heterocycles. The first kappa shape index (κ1) is 13.1. The molecule has 4 nitrogen and oxygen atoms in total. The Hall–Kier alpha value is -2.31. The zero-order valence-electron chi connectivity index (χ0n) is 9.78. The normalized spacial score (nSPS) is 11.4. The summed E-state index contributed by atoms with van der Waals surface area (Å²) in [6.45, 7) is 1.53. The van der Waals surface area contributed by atoms with E-state index in [9.17, 15) is 18.0 Å². The van der Waals surface area contributed by atoms with Crippen LogP contribution < -0.4 is 5.32 Å². The number of alkyl halides is 3. The number of nitrogens with zero attached hydrogens (tertiary/aromatic N) is 1. The van der Waals surface area contributed by atoms with Crippen LogP contribution in [0.3, 0.4) is 0 Å². The van der Waals surface area contributed by atoms with Gasteiger partial charge in [0.25, 0.3) is 5.91 Å². The minimum atomic E-state index is -4.54. The second-order valence-electron chi connectivity index (χ2n) is 3.75. The molecule has 0 saturated heterocycles. The molecule has 1 aromatic heterocycles. The van der Waals surface area contributed by atoms with Gasteiger partial charge in [-0.15, -0.1) is 0 Å². The van der Waals surface area contributed by atoms with Gasteiger partial charge in [0.2, 0.25) is 0 Å². The Morgan fingerprint density at radius 2 is 2.00 bits per heavy atom. The van der Waals surface area contributed by atoms with Crippen LogP contribution in [0.1, 0.15) is 21.9 Å². The molecule has 1 N–H and O–H groups in total. The number of nitrogens with one attached hydrogen (secondary N) is 1. The molecule has 2 aromatic rings. The van der Waals surface area contributed by atoms with Crippen molar-refractivity contribution in [3.8, 4) is 0 Å². The van der Waals surface area contributed by atoms with E-state index in [1.165, 1.54) is 25.1 Å². The smallest absolute Gasteiger partial charge is 0.418 e. The van der Waals surface area contributed by atoms with Crippen molar-refractivity contribution < 1.29 is 22.4 Å². The predicted octanol–water partition coefficient (Wildman–Crippen LogP) is 3.25. The van der Waals surface area contributed by atoms with E-state index in [1.54, 1.807) is 0 Å². The summed E-state index contributed by atoms with van der Waals surface area (Å²) in [6.07, 6.45) is -3.45. The fourth-order valence-corrected chi connectivity index (χ4v) is 1.49. The summed E-state index contributed by atoms with van der Waals surface area (Å²) in [7, 11) is 0. The molecule has 0 radical (unpaired) electrons. The van der Waals surface area contributed by atoms with Crippen molar-refractivity contribution in [2.75, 3.05) is 5.32 Å². The summed E-state index contributed by atoms with van der Waals surface area (Å²) in [6, 6.07) is 4.72. The van der Waals surface area contributed by atoms with Crippen LogP contribution in [0.2, 0.25) is 0 Å². The summed E-state index contributed by atoms with van der Waals surface area (Å²) in [5.74, 6) is -0.497. The third kappa shape index (κ3) is 2.93. The average Bonchev–Trinajstić information content (AvgIpc) is 2.75. The Balaban J connectivity index is 2.27. The van der Waals surface area contributed by atoms with Crippen molar-refractivity contribution in [2.24, 2.45) is 0 Å². The van der Waals surface area contributed by atoms with Gasteiger partial charge in [0.15, 0.2) is 11.6 Å². The number of para-hydroxylation sites is 1. The Morgan fingerprint density at radius 1 is 1.32 bits per heavy atom. The predicted molar refractivity (Wildman–Crippen MR) is 60.6 cm³/mol. The highest BCUT2D eigenvalue weighted by Gasteiger charge is 2.33. The SMILES string of the molecule is Cc1nc(C(=O)Nc2ccccc2C(F)(F)F)co1. The second-order valence-corrected chi connectivity index (χ2v) is 3.75. The van der Waals surface area contributed by atoms with Crippen LogP contribution in [-0.2, 0) is 6.18 Å². The first-order valence-electron chi connectivity index (χ1n) is 5.27. The van der Waals surface area contributed by atoms with Crippen LogP contribution in [0.4, 0.5) is 18.9 Å². The summed E-state index contributed by atoms with van der Waals surface area (Å²) in [4.78, 5) is 15.4. The van der Waals surface area contributed by atoms with Gasteiger partial charge in [-0.1, -0.05) is 12.1 Å². The van der Waals surface area contributed by atoms with Gasteiger partial charge >= 0.3 is 6.18 Å². The van der Waals surface area contributed by atoms with Gasteiger partial charge in [-0.05, 0) is 12.1 Å². The average molecular weight is 270 g/mol. The minimum absolute atomic E-state index is 0.0746. The van der Waals surface area contributed by atoms with E-state index in [1.807, 2.05) is 0 Å². The molecule has 0 bridgehead atoms. The summed E-state index contributed by atoms with van der Waals surface area (Å²) < 4.78 is 43.0. The highest BCUT2D eigenvalue weighted by atomic mass is 19.4. The highest BCUT2D eigenvalue weighted by Crippen LogP contribution is 2.34. The zero-order valence-corrected chi connectivity index (χ0v) is 9.78. The third-order valence-electron chi connectivity index (χ3n) is 2.33. The molecule has 0 fully saturated rings. The van der Waals surface area contributed by atoms with Gasteiger partial charge < -0.3 is 9.73 Å². The van der Waals surface area contributed by atoms with E-state index in [0.29, 0.717) is 0 Å². The molecule has 0 unspecified atom stereocenters. The molecule has 0 atom stereocenters. The van der Waals surface area contributed by atoms with Crippen molar-refractivity contribution in [1.29, 1.82) is 0 Å². The van der Waals surface area contributed by atoms with Crippen molar-refractivity contribution >= 4 is 11.6 Å². The van der Waals surface area contributed by atoms with Gasteiger partial charge in [0.1, 0.15) is 6.26 Å². The first-order valence-corrected chi connectivity index (χ1v) is 5.27. The number of amides is 1. The summed E-state index contributed by atoms with van der Waals surface area (Å²) in [5, 5.41) is 2.17. The van der Waals surface area contributed by atoms with Crippen LogP contribution in [0.5, 0.6) is 0 Å². The molecule has 1 aromatic carbocycles. The third-order valence-corrected chi connectivity index (χ3v) is 2.33. The summed E-state index contributed by atoms with van der Waals surface area (Å²) in [5.41, 5.74) is -1.31. The van der Waals surface area contributed by atoms with Gasteiger partial charge in [-0.2, -0.15) is 13.2 Å². The Labute approximate surface area is 106 Å². The van der Waals surface area contributed by atoms with Crippen LogP contribution in [0.25, 0.3) is 0 Å². The number of rotatable bonds is 2. The molecule has 0 aliphatic rings. The van der Waals surface area contributed by atoms with Crippen molar-refractivity contribution in [1.82, 2.24) is 4.98 Å². The van der Waals surface area contributed by atoms with Crippen molar-refractivity contribution in [3.63, 3.8) is 0 Å². The number of carbonyl (C=O) groups excluding carboxylic acids is 1. The van der Waals surface area contributed by atoms with Gasteiger partial charge in [-0.3, -0.25) is 4.79 Å². The number of aryl methyl sites for hydroxylation is 1. The zero-order chi connectivity index (χ0) is 14.0. The number of halogens is 3. The van der Waals surface area contributed by atoms with Crippen LogP contribution in [0, 0.1) is 6.92 Å². The summed E-state index contributed by atoms with van der Waals surface area (Å²) >= 11 is 0. The van der Waals surface area contributed by atoms with Crippen LogP contribution in [0.15, 0.2) is 34.9 Å². The number of carbonyl (C=O) groups is 1. The number of hydrogen-bond acceptors (Lipinski definition) is 3. The second kappa shape index (κ2) is 4.75. The van der Waals surface area contributed by atoms with E-state index < -0.39 is 17.6 Å². The lowest BCUT2D eigenvalue weighted by molar-refractivity contribution is -0.136. The molecule has 19 heavy (non-hydrogen) atoms. The lowest BCUT2D eigenvalue weighted by atomic mass is 10.1. The molecule has 100 valence electrons. The molecule has 0 aliphatic carbocycles. The molecular weight excluding hydrogens is 261 g/mol. The maximum Gasteiger partial charge on any atom is 0.418 e. The van der Waals surface area contributed by atoms with E-state index in [0.717, 1.165) is 12.3 Å². The quantitative estimate of drug-likeness (QED) is 0.911. The van der Waals surface area contributed by atoms with Gasteiger partial charge in [-0.25, -0.2) is 4.98 Å². The Morgan fingerprint density at radius 3 is 2.58 bits per heavy atom. The molecule has 0 saturated carbocycles. The number of anilines is 1. The standard InChI is InChI=1S/C12H9F3N2O2/c1-7-16-10(6-19-7)11(18)17-9-5-3-2-4-8(9)12(13,14)15/h2-6H,1H3,(H,17,18). The minimum Gasteiger partial charge on any atom is -0.448 e. The molecule has 0 aliphatic heterocycles. The Kier molecular flexibility index (Phi) is 3.28. The number of hydrogen-bond donors (Lipinski definition) is 1. The number of aromatic nitrogens is 1. The Bertz CT molecular complexity index is 605. The molecule has 7 heteroatoms. The van der Waals surface area contributed by atoms with E-state index in [-0.39, 0.29) is 17.3 Å². The van der Waals surface area contributed by atoms with Crippen LogP contribution in [-0.4, -0.2) is 10.9 Å². The topological polar surface area (TPSA) is 55.1 Å². The maximum absolute atomic E-state index is 12.7. The number of benzene rings is 1. The highest BCUT2D eigenvalue weighted by molar-refractivity contribution is 6.03. The van der Waals surface area contributed by atoms with Crippen molar-refractivity contribution in [3.05, 3.63) is 47.7 Å². The lowest BCUT2D eigenvalue weighted by Crippen LogP contribution is -2.16. The van der Waals surface area contributed by atoms with E-state index in [4.69, 9.17) is 4.42 Å². The lowest BCUT2D eigenvalue weighted by Gasteiger charge is -2.12. The molecule has 1 amide bonds. The van der Waals surface area contributed by atoms with Gasteiger partial charge in [0.05, 0.1) is 11.3 Å². The first-order chi connectivity index (χ1) is 8.88. The fraction of sp³-hybridized carbons (Fsp3) is 0.167. The maximum atomic E-state index is 12.7. The largest absolute Gasteiger partial charge is 0.448 e. The van der Waals surface area contributed by atoms with Gasteiger partial charge in [0, 0.05) is 6.92 Å². The van der Waals surface area contributed by atoms with Crippen molar-refractivity contribution in [2.45, 2.75) is 13.1 Å². The number of oxazole rings is 1. The molecule has 0 spiro atoms. The van der Waals surface area contributed by atoms with E-state index >= 15 is 0 Å². The van der Waals surface area contributed by atoms with E-state index in [2.05, 4.69) is 10.3 Å². The monoisotopic (exact) mass is 270 g/mol. The fourth-order valence-electron chi connectivity index (χ4n) is 1.49. The molecule has 2 rings (SSSR count). The van der Waals surface area contributed by atoms with Crippen LogP contribution >= 0.6 is 0 Å². The molecular formula is C12H9F3N2O2.